The zero-order valence-corrected chi connectivity index (χ0v) is 24.3. The van der Waals surface area contributed by atoms with Crippen LogP contribution in [-0.4, -0.2) is 46.7 Å². The minimum absolute atomic E-state index is 0.0448. The maximum absolute atomic E-state index is 13.7. The van der Waals surface area contributed by atoms with Gasteiger partial charge in [-0.2, -0.15) is 4.31 Å². The summed E-state index contributed by atoms with van der Waals surface area (Å²) < 4.78 is 56.0. The van der Waals surface area contributed by atoms with Crippen LogP contribution in [0.25, 0.3) is 0 Å². The number of rotatable bonds is 8. The second-order valence-corrected chi connectivity index (χ2v) is 13.9. The predicted molar refractivity (Wildman–Crippen MR) is 154 cm³/mol. The van der Waals surface area contributed by atoms with E-state index in [-0.39, 0.29) is 15.5 Å². The van der Waals surface area contributed by atoms with E-state index in [1.165, 1.54) is 46.8 Å². The number of amides is 1. The first-order valence-electron chi connectivity index (χ1n) is 12.7. The molecule has 3 aromatic rings. The van der Waals surface area contributed by atoms with Gasteiger partial charge in [0.25, 0.3) is 10.0 Å². The standard InChI is InChI=1S/C28H32ClN3O5S2/c1-21-7-13-26(14-8-21)39(36,37)32(27-19-23(29)10-9-22(27)2)20-28(33)30-24-11-15-25(16-12-24)38(34,35)31-17-5-3-4-6-18-31/h7-16,19H,3-6,17-18,20H2,1-2H3,(H,30,33). The van der Waals surface area contributed by atoms with Gasteiger partial charge in [0, 0.05) is 23.8 Å². The highest BCUT2D eigenvalue weighted by molar-refractivity contribution is 7.92. The molecule has 1 saturated heterocycles. The summed E-state index contributed by atoms with van der Waals surface area (Å²) in [7, 11) is -7.74. The van der Waals surface area contributed by atoms with Crippen molar-refractivity contribution in [2.24, 2.45) is 0 Å². The van der Waals surface area contributed by atoms with Crippen LogP contribution in [0, 0.1) is 13.8 Å². The van der Waals surface area contributed by atoms with Gasteiger partial charge < -0.3 is 5.32 Å². The number of hydrogen-bond donors (Lipinski definition) is 1. The summed E-state index contributed by atoms with van der Waals surface area (Å²) in [6, 6.07) is 17.2. The Morgan fingerprint density at radius 3 is 2.05 bits per heavy atom. The fourth-order valence-corrected chi connectivity index (χ4v) is 7.62. The van der Waals surface area contributed by atoms with Crippen molar-refractivity contribution in [3.63, 3.8) is 0 Å². The number of anilines is 2. The number of halogens is 1. The third kappa shape index (κ3) is 6.81. The average Bonchev–Trinajstić information content (AvgIpc) is 3.20. The SMILES string of the molecule is Cc1ccc(S(=O)(=O)N(CC(=O)Nc2ccc(S(=O)(=O)N3CCCCCC3)cc2)c2cc(Cl)ccc2C)cc1. The zero-order valence-electron chi connectivity index (χ0n) is 21.9. The molecule has 4 rings (SSSR count). The summed E-state index contributed by atoms with van der Waals surface area (Å²) in [5, 5.41) is 3.03. The molecule has 1 aliphatic rings. The summed E-state index contributed by atoms with van der Waals surface area (Å²) in [6.45, 7) is 4.08. The monoisotopic (exact) mass is 589 g/mol. The molecule has 0 unspecified atom stereocenters. The molecule has 0 aromatic heterocycles. The van der Waals surface area contributed by atoms with E-state index < -0.39 is 32.5 Å². The molecular weight excluding hydrogens is 558 g/mol. The highest BCUT2D eigenvalue weighted by Crippen LogP contribution is 2.30. The van der Waals surface area contributed by atoms with Crippen LogP contribution in [-0.2, 0) is 24.8 Å². The van der Waals surface area contributed by atoms with Crippen LogP contribution < -0.4 is 9.62 Å². The zero-order chi connectivity index (χ0) is 28.2. The van der Waals surface area contributed by atoms with E-state index in [4.69, 9.17) is 11.6 Å². The average molecular weight is 590 g/mol. The summed E-state index contributed by atoms with van der Waals surface area (Å²) in [5.41, 5.74) is 2.17. The number of carbonyl (C=O) groups excluding carboxylic acids is 1. The lowest BCUT2D eigenvalue weighted by Crippen LogP contribution is -2.38. The molecular formula is C28H32ClN3O5S2. The smallest absolute Gasteiger partial charge is 0.264 e. The Morgan fingerprint density at radius 2 is 1.44 bits per heavy atom. The lowest BCUT2D eigenvalue weighted by molar-refractivity contribution is -0.114. The molecule has 8 nitrogen and oxygen atoms in total. The molecule has 208 valence electrons. The Bertz CT molecular complexity index is 1530. The van der Waals surface area contributed by atoms with Gasteiger partial charge in [-0.3, -0.25) is 9.10 Å². The van der Waals surface area contributed by atoms with Crippen LogP contribution in [0.3, 0.4) is 0 Å². The molecule has 1 heterocycles. The second kappa shape index (κ2) is 12.1. The molecule has 1 fully saturated rings. The van der Waals surface area contributed by atoms with E-state index in [1.807, 2.05) is 6.92 Å². The Labute approximate surface area is 235 Å². The first-order valence-corrected chi connectivity index (χ1v) is 16.0. The van der Waals surface area contributed by atoms with Crippen molar-refractivity contribution >= 4 is 48.9 Å². The maximum atomic E-state index is 13.7. The fraction of sp³-hybridized carbons (Fsp3) is 0.321. The fourth-order valence-electron chi connectivity index (χ4n) is 4.46. The van der Waals surface area contributed by atoms with Gasteiger partial charge in [0.15, 0.2) is 0 Å². The van der Waals surface area contributed by atoms with Gasteiger partial charge in [0.2, 0.25) is 15.9 Å². The number of sulfonamides is 2. The Hall–Kier alpha value is -2.92. The van der Waals surface area contributed by atoms with E-state index in [9.17, 15) is 21.6 Å². The number of aryl methyl sites for hydroxylation is 2. The van der Waals surface area contributed by atoms with E-state index >= 15 is 0 Å². The molecule has 0 radical (unpaired) electrons. The summed E-state index contributed by atoms with van der Waals surface area (Å²) in [6.07, 6.45) is 3.70. The molecule has 0 atom stereocenters. The molecule has 3 aromatic carbocycles. The lowest BCUT2D eigenvalue weighted by atomic mass is 10.2. The van der Waals surface area contributed by atoms with Crippen molar-refractivity contribution in [2.75, 3.05) is 29.3 Å². The number of hydrogen-bond acceptors (Lipinski definition) is 5. The Morgan fingerprint density at radius 1 is 0.846 bits per heavy atom. The lowest BCUT2D eigenvalue weighted by Gasteiger charge is -2.26. The van der Waals surface area contributed by atoms with Gasteiger partial charge in [-0.15, -0.1) is 0 Å². The third-order valence-electron chi connectivity index (χ3n) is 6.68. The van der Waals surface area contributed by atoms with Crippen molar-refractivity contribution in [3.8, 4) is 0 Å². The van der Waals surface area contributed by atoms with Crippen molar-refractivity contribution in [2.45, 2.75) is 49.3 Å². The molecule has 11 heteroatoms. The first kappa shape index (κ1) is 29.1. The molecule has 39 heavy (non-hydrogen) atoms. The molecule has 0 saturated carbocycles. The van der Waals surface area contributed by atoms with Crippen LogP contribution in [0.1, 0.15) is 36.8 Å². The maximum Gasteiger partial charge on any atom is 0.264 e. The molecule has 1 aliphatic heterocycles. The van der Waals surface area contributed by atoms with E-state index in [1.54, 1.807) is 31.2 Å². The van der Waals surface area contributed by atoms with Gasteiger partial charge in [-0.1, -0.05) is 48.2 Å². The van der Waals surface area contributed by atoms with Gasteiger partial charge >= 0.3 is 0 Å². The Kier molecular flexibility index (Phi) is 9.00. The number of benzene rings is 3. The third-order valence-corrected chi connectivity index (χ3v) is 10.6. The number of carbonyl (C=O) groups is 1. The minimum Gasteiger partial charge on any atom is -0.325 e. The largest absolute Gasteiger partial charge is 0.325 e. The van der Waals surface area contributed by atoms with Gasteiger partial charge in [0.1, 0.15) is 6.54 Å². The van der Waals surface area contributed by atoms with E-state index in [0.29, 0.717) is 29.4 Å². The van der Waals surface area contributed by atoms with Crippen LogP contribution in [0.4, 0.5) is 11.4 Å². The van der Waals surface area contributed by atoms with Crippen LogP contribution in [0.15, 0.2) is 76.5 Å². The van der Waals surface area contributed by atoms with Crippen molar-refractivity contribution in [1.29, 1.82) is 0 Å². The quantitative estimate of drug-likeness (QED) is 0.381. The topological polar surface area (TPSA) is 104 Å². The highest BCUT2D eigenvalue weighted by Gasteiger charge is 2.29. The number of nitrogens with one attached hydrogen (secondary N) is 1. The summed E-state index contributed by atoms with van der Waals surface area (Å²) in [4.78, 5) is 13.3. The second-order valence-electron chi connectivity index (χ2n) is 9.65. The van der Waals surface area contributed by atoms with Crippen LogP contribution in [0.5, 0.6) is 0 Å². The molecule has 0 aliphatic carbocycles. The highest BCUT2D eigenvalue weighted by atomic mass is 35.5. The van der Waals surface area contributed by atoms with Crippen molar-refractivity contribution in [3.05, 3.63) is 82.9 Å². The van der Waals surface area contributed by atoms with Crippen LogP contribution >= 0.6 is 11.6 Å². The van der Waals surface area contributed by atoms with E-state index in [0.717, 1.165) is 35.6 Å². The molecule has 1 amide bonds. The Balaban J connectivity index is 1.57. The predicted octanol–water partition coefficient (Wildman–Crippen LogP) is 5.36. The van der Waals surface area contributed by atoms with Gasteiger partial charge in [-0.25, -0.2) is 16.8 Å². The minimum atomic E-state index is -4.11. The van der Waals surface area contributed by atoms with Gasteiger partial charge in [-0.05, 0) is 80.8 Å². The van der Waals surface area contributed by atoms with Crippen molar-refractivity contribution < 1.29 is 21.6 Å². The first-order chi connectivity index (χ1) is 18.5. The van der Waals surface area contributed by atoms with Gasteiger partial charge in [0.05, 0.1) is 15.5 Å². The number of nitrogens with zero attached hydrogens (tertiary/aromatic N) is 2. The van der Waals surface area contributed by atoms with Crippen molar-refractivity contribution in [1.82, 2.24) is 4.31 Å². The van der Waals surface area contributed by atoms with Crippen LogP contribution in [0.2, 0.25) is 5.02 Å². The normalized spacial score (nSPS) is 14.9. The molecule has 0 bridgehead atoms. The summed E-state index contributed by atoms with van der Waals surface area (Å²) in [5.74, 6) is -0.590. The molecule has 1 N–H and O–H groups in total. The molecule has 0 spiro atoms. The van der Waals surface area contributed by atoms with E-state index in [2.05, 4.69) is 5.32 Å². The summed E-state index contributed by atoms with van der Waals surface area (Å²) >= 11 is 6.19.